The molecule has 2 heterocycles. The molecule has 0 radical (unpaired) electrons. The quantitative estimate of drug-likeness (QED) is 0.686. The molecule has 1 aromatic heterocycles. The molecule has 0 spiro atoms. The van der Waals surface area contributed by atoms with Crippen LogP contribution in [0.15, 0.2) is 23.3 Å². The smallest absolute Gasteiger partial charge is 0.131 e. The zero-order chi connectivity index (χ0) is 14.0. The van der Waals surface area contributed by atoms with Crippen LogP contribution in [0.1, 0.15) is 19.4 Å². The summed E-state index contributed by atoms with van der Waals surface area (Å²) in [6.45, 7) is 4.93. The van der Waals surface area contributed by atoms with Gasteiger partial charge in [-0.2, -0.15) is 0 Å². The van der Waals surface area contributed by atoms with E-state index in [1.807, 2.05) is 13.1 Å². The molecule has 2 rings (SSSR count). The number of hydrogen-bond donors (Lipinski definition) is 1. The number of amidine groups is 1. The Morgan fingerprint density at radius 3 is 2.79 bits per heavy atom. The second-order valence-corrected chi connectivity index (χ2v) is 5.81. The summed E-state index contributed by atoms with van der Waals surface area (Å²) in [6, 6.07) is 3.77. The lowest BCUT2D eigenvalue weighted by Gasteiger charge is -2.29. The fraction of sp³-hybridized carbons (Fsp3) is 0.462. The molecule has 1 aliphatic rings. The van der Waals surface area contributed by atoms with Crippen LogP contribution in [0.3, 0.4) is 0 Å². The van der Waals surface area contributed by atoms with E-state index in [1.54, 1.807) is 17.6 Å². The number of halogens is 1. The molecule has 0 amide bonds. The van der Waals surface area contributed by atoms with Crippen LogP contribution in [0.5, 0.6) is 0 Å². The van der Waals surface area contributed by atoms with Gasteiger partial charge in [-0.3, -0.25) is 5.32 Å². The van der Waals surface area contributed by atoms with Crippen molar-refractivity contribution in [3.8, 4) is 0 Å². The molecule has 1 unspecified atom stereocenters. The number of hydrogen-bond acceptors (Lipinski definition) is 5. The summed E-state index contributed by atoms with van der Waals surface area (Å²) in [7, 11) is 2.02. The minimum Gasteiger partial charge on any atom is -0.357 e. The summed E-state index contributed by atoms with van der Waals surface area (Å²) in [5.41, 5.74) is 0.908. The van der Waals surface area contributed by atoms with Crippen LogP contribution in [0.25, 0.3) is 0 Å². The Labute approximate surface area is 123 Å². The van der Waals surface area contributed by atoms with Gasteiger partial charge in [0.15, 0.2) is 0 Å². The number of rotatable bonds is 3. The van der Waals surface area contributed by atoms with E-state index in [0.717, 1.165) is 17.9 Å². The second-order valence-electron chi connectivity index (χ2n) is 5.15. The van der Waals surface area contributed by atoms with Crippen LogP contribution < -0.4 is 5.32 Å². The molecule has 1 aliphatic heterocycles. The maximum absolute atomic E-state index is 5.78. The first-order chi connectivity index (χ1) is 8.92. The molecular weight excluding hydrogens is 280 g/mol. The highest BCUT2D eigenvalue weighted by molar-refractivity contribution is 7.79. The van der Waals surface area contributed by atoms with Crippen LogP contribution in [0.2, 0.25) is 5.15 Å². The highest BCUT2D eigenvalue weighted by Gasteiger charge is 2.35. The molecular formula is C13H17ClN4S. The summed E-state index contributed by atoms with van der Waals surface area (Å²) in [5, 5.41) is 5.52. The average molecular weight is 297 g/mol. The fourth-order valence-corrected chi connectivity index (χ4v) is 2.49. The van der Waals surface area contributed by atoms with Crippen molar-refractivity contribution < 1.29 is 0 Å². The number of aromatic nitrogens is 1. The second kappa shape index (κ2) is 5.53. The zero-order valence-electron chi connectivity index (χ0n) is 11.2. The van der Waals surface area contributed by atoms with Crippen molar-refractivity contribution in [2.75, 3.05) is 7.05 Å². The first-order valence-electron chi connectivity index (χ1n) is 6.05. The average Bonchev–Trinajstić information content (AvgIpc) is 2.67. The van der Waals surface area contributed by atoms with E-state index < -0.39 is 0 Å². The lowest BCUT2D eigenvalue weighted by atomic mass is 10.0. The monoisotopic (exact) mass is 296 g/mol. The predicted octanol–water partition coefficient (Wildman–Crippen LogP) is 2.27. The van der Waals surface area contributed by atoms with Gasteiger partial charge in [0.1, 0.15) is 17.2 Å². The van der Waals surface area contributed by atoms with Gasteiger partial charge in [0.05, 0.1) is 5.54 Å². The molecule has 1 N–H and O–H groups in total. The number of pyridine rings is 1. The summed E-state index contributed by atoms with van der Waals surface area (Å²) in [4.78, 5) is 10.8. The van der Waals surface area contributed by atoms with Crippen LogP contribution in [-0.4, -0.2) is 39.8 Å². The van der Waals surface area contributed by atoms with Crippen LogP contribution in [0, 0.1) is 0 Å². The third-order valence-electron chi connectivity index (χ3n) is 3.03. The summed E-state index contributed by atoms with van der Waals surface area (Å²) in [6.07, 6.45) is 1.69. The normalized spacial score (nSPS) is 21.1. The van der Waals surface area contributed by atoms with Gasteiger partial charge < -0.3 is 4.90 Å². The van der Waals surface area contributed by atoms with E-state index in [-0.39, 0.29) is 11.7 Å². The van der Waals surface area contributed by atoms with Gasteiger partial charge in [0.25, 0.3) is 0 Å². The molecule has 0 aromatic carbocycles. The van der Waals surface area contributed by atoms with Crippen molar-refractivity contribution >= 4 is 35.0 Å². The van der Waals surface area contributed by atoms with Gasteiger partial charge in [-0.1, -0.05) is 29.9 Å². The van der Waals surface area contributed by atoms with Crippen LogP contribution in [0.4, 0.5) is 0 Å². The van der Waals surface area contributed by atoms with E-state index in [0.29, 0.717) is 5.15 Å². The number of likely N-dealkylation sites (N-methyl/N-ethyl adjacent to an activating group) is 1. The molecule has 1 aromatic rings. The fourth-order valence-electron chi connectivity index (χ4n) is 2.25. The Balaban J connectivity index is 2.13. The lowest BCUT2D eigenvalue weighted by Crippen LogP contribution is -2.49. The van der Waals surface area contributed by atoms with Crippen molar-refractivity contribution in [1.82, 2.24) is 15.2 Å². The summed E-state index contributed by atoms with van der Waals surface area (Å²) in [5.74, 6) is 0.994. The Morgan fingerprint density at radius 2 is 2.26 bits per heavy atom. The third kappa shape index (κ3) is 3.29. The van der Waals surface area contributed by atoms with E-state index in [9.17, 15) is 0 Å². The Hall–Kier alpha value is -1.04. The molecule has 6 heteroatoms. The molecule has 0 bridgehead atoms. The highest BCUT2D eigenvalue weighted by atomic mass is 35.5. The van der Waals surface area contributed by atoms with E-state index in [1.165, 1.54) is 0 Å². The molecule has 102 valence electrons. The SMILES string of the molecule is CN(Cc1ccc(Cl)nc1)C1=NC(C=S)NC1(C)C. The maximum atomic E-state index is 5.78. The van der Waals surface area contributed by atoms with Gasteiger partial charge in [-0.15, -0.1) is 0 Å². The largest absolute Gasteiger partial charge is 0.357 e. The Kier molecular flexibility index (Phi) is 4.18. The molecule has 4 nitrogen and oxygen atoms in total. The molecule has 19 heavy (non-hydrogen) atoms. The first-order valence-corrected chi connectivity index (χ1v) is 6.90. The Bertz CT molecular complexity index is 498. The molecule has 0 saturated carbocycles. The van der Waals surface area contributed by atoms with Crippen molar-refractivity contribution in [3.05, 3.63) is 29.0 Å². The molecule has 0 saturated heterocycles. The number of thiocarbonyl (C=S) groups is 1. The standard InChI is InChI=1S/C13H17ClN4S/c1-13(2)12(16-11(8-19)17-13)18(3)7-9-4-5-10(14)15-6-9/h4-6,8,11,17H,7H2,1-3H3. The predicted molar refractivity (Wildman–Crippen MR) is 82.8 cm³/mol. The van der Waals surface area contributed by atoms with Crippen molar-refractivity contribution in [2.24, 2.45) is 4.99 Å². The van der Waals surface area contributed by atoms with Crippen molar-refractivity contribution in [3.63, 3.8) is 0 Å². The van der Waals surface area contributed by atoms with E-state index in [4.69, 9.17) is 23.8 Å². The number of aliphatic imine (C=N–C) groups is 1. The number of nitrogens with zero attached hydrogens (tertiary/aromatic N) is 3. The van der Waals surface area contributed by atoms with Crippen molar-refractivity contribution in [1.29, 1.82) is 0 Å². The summed E-state index contributed by atoms with van der Waals surface area (Å²) >= 11 is 10.7. The highest BCUT2D eigenvalue weighted by Crippen LogP contribution is 2.19. The Morgan fingerprint density at radius 1 is 1.53 bits per heavy atom. The van der Waals surface area contributed by atoms with E-state index >= 15 is 0 Å². The van der Waals surface area contributed by atoms with Gasteiger partial charge in [0.2, 0.25) is 0 Å². The van der Waals surface area contributed by atoms with Gasteiger partial charge in [-0.05, 0) is 25.5 Å². The summed E-state index contributed by atoms with van der Waals surface area (Å²) < 4.78 is 0. The van der Waals surface area contributed by atoms with Crippen molar-refractivity contribution in [2.45, 2.75) is 32.1 Å². The topological polar surface area (TPSA) is 40.5 Å². The van der Waals surface area contributed by atoms with E-state index in [2.05, 4.69) is 34.0 Å². The lowest BCUT2D eigenvalue weighted by molar-refractivity contribution is 0.436. The first kappa shape index (κ1) is 14.4. The maximum Gasteiger partial charge on any atom is 0.131 e. The minimum absolute atomic E-state index is 0.0919. The molecule has 0 fully saturated rings. The minimum atomic E-state index is -0.186. The van der Waals surface area contributed by atoms with Gasteiger partial charge in [0, 0.05) is 25.2 Å². The number of nitrogens with one attached hydrogen (secondary N) is 1. The zero-order valence-corrected chi connectivity index (χ0v) is 12.8. The molecule has 0 aliphatic carbocycles. The van der Waals surface area contributed by atoms with Gasteiger partial charge in [-0.25, -0.2) is 9.98 Å². The van der Waals surface area contributed by atoms with Crippen LogP contribution >= 0.6 is 23.8 Å². The van der Waals surface area contributed by atoms with Crippen LogP contribution in [-0.2, 0) is 6.54 Å². The molecule has 1 atom stereocenters. The van der Waals surface area contributed by atoms with Gasteiger partial charge >= 0.3 is 0 Å². The third-order valence-corrected chi connectivity index (χ3v) is 3.51.